The number of carbonyl (C=O) groups is 1. The van der Waals surface area contributed by atoms with E-state index in [1.807, 2.05) is 13.8 Å². The van der Waals surface area contributed by atoms with Crippen molar-refractivity contribution in [3.05, 3.63) is 29.8 Å². The number of nitrogens with one attached hydrogen (secondary N) is 1. The van der Waals surface area contributed by atoms with Crippen LogP contribution in [-0.2, 0) is 11.2 Å². The lowest BCUT2D eigenvalue weighted by Gasteiger charge is -2.20. The van der Waals surface area contributed by atoms with Crippen LogP contribution in [0.15, 0.2) is 24.3 Å². The van der Waals surface area contributed by atoms with Gasteiger partial charge in [0.1, 0.15) is 0 Å². The van der Waals surface area contributed by atoms with Gasteiger partial charge in [0.25, 0.3) is 0 Å². The number of para-hydroxylation sites is 1. The van der Waals surface area contributed by atoms with E-state index in [1.54, 1.807) is 0 Å². The summed E-state index contributed by atoms with van der Waals surface area (Å²) in [5, 5.41) is 2.96. The first-order chi connectivity index (χ1) is 8.98. The molecule has 1 aliphatic heterocycles. The number of fused-ring (bicyclic) bond motifs is 1. The monoisotopic (exact) mass is 324 g/mol. The van der Waals surface area contributed by atoms with Crippen molar-refractivity contribution in [3.8, 4) is 0 Å². The number of hydrogen-bond acceptors (Lipinski definition) is 2. The smallest absolute Gasteiger partial charge is 0.236 e. The molecule has 4 heteroatoms. The summed E-state index contributed by atoms with van der Waals surface area (Å²) in [6.07, 6.45) is 2.11. The summed E-state index contributed by atoms with van der Waals surface area (Å²) in [7, 11) is 0. The molecule has 19 heavy (non-hydrogen) atoms. The van der Waals surface area contributed by atoms with E-state index in [0.29, 0.717) is 0 Å². The number of carbonyl (C=O) groups excluding carboxylic acids is 1. The molecule has 0 spiro atoms. The van der Waals surface area contributed by atoms with Crippen molar-refractivity contribution in [2.45, 2.75) is 31.0 Å². The Morgan fingerprint density at radius 1 is 1.42 bits per heavy atom. The van der Waals surface area contributed by atoms with Gasteiger partial charge in [-0.2, -0.15) is 0 Å². The predicted octanol–water partition coefficient (Wildman–Crippen LogP) is 2.73. The summed E-state index contributed by atoms with van der Waals surface area (Å²) in [5.74, 6) is 0.0503. The first-order valence-corrected chi connectivity index (χ1v) is 7.58. The zero-order chi connectivity index (χ0) is 13.9. The molecule has 0 saturated carbocycles. The Morgan fingerprint density at radius 3 is 2.89 bits per heavy atom. The molecule has 1 amide bonds. The minimum absolute atomic E-state index is 0.0503. The first kappa shape index (κ1) is 14.4. The highest BCUT2D eigenvalue weighted by Gasteiger charge is 2.23. The molecule has 1 heterocycles. The number of halogens is 1. The standard InChI is InChI=1S/C15H21BrN2O/c1-15(2,16)14(19)17-9-5-10-18-11-8-12-6-3-4-7-13(12)18/h3-4,6-7H,5,8-11H2,1-2H3,(H,17,19). The quantitative estimate of drug-likeness (QED) is 0.667. The van der Waals surface area contributed by atoms with E-state index in [0.717, 1.165) is 32.5 Å². The van der Waals surface area contributed by atoms with Crippen LogP contribution in [0.1, 0.15) is 25.8 Å². The van der Waals surface area contributed by atoms with Crippen LogP contribution < -0.4 is 10.2 Å². The molecule has 1 aromatic carbocycles. The third-order valence-electron chi connectivity index (χ3n) is 3.41. The fourth-order valence-corrected chi connectivity index (χ4v) is 2.46. The van der Waals surface area contributed by atoms with Crippen LogP contribution in [0.5, 0.6) is 0 Å². The Kier molecular flexibility index (Phi) is 4.50. The SMILES string of the molecule is CC(C)(Br)C(=O)NCCCN1CCc2ccccc21. The van der Waals surface area contributed by atoms with Gasteiger partial charge in [-0.1, -0.05) is 34.1 Å². The number of rotatable bonds is 5. The molecule has 0 radical (unpaired) electrons. The van der Waals surface area contributed by atoms with E-state index < -0.39 is 4.32 Å². The maximum Gasteiger partial charge on any atom is 0.236 e. The predicted molar refractivity (Wildman–Crippen MR) is 83.0 cm³/mol. The van der Waals surface area contributed by atoms with Crippen LogP contribution in [0.2, 0.25) is 0 Å². The largest absolute Gasteiger partial charge is 0.371 e. The van der Waals surface area contributed by atoms with Crippen LogP contribution in [0, 0.1) is 0 Å². The fourth-order valence-electron chi connectivity index (χ4n) is 2.32. The molecule has 0 aromatic heterocycles. The van der Waals surface area contributed by atoms with Gasteiger partial charge in [0, 0.05) is 25.3 Å². The molecule has 1 N–H and O–H groups in total. The van der Waals surface area contributed by atoms with Gasteiger partial charge in [0.15, 0.2) is 0 Å². The van der Waals surface area contributed by atoms with Crippen LogP contribution in [0.4, 0.5) is 5.69 Å². The molecule has 0 fully saturated rings. The molecule has 2 rings (SSSR count). The number of alkyl halides is 1. The van der Waals surface area contributed by atoms with Gasteiger partial charge in [-0.25, -0.2) is 0 Å². The lowest BCUT2D eigenvalue weighted by atomic mass is 10.2. The Morgan fingerprint density at radius 2 is 2.16 bits per heavy atom. The van der Waals surface area contributed by atoms with Crippen LogP contribution >= 0.6 is 15.9 Å². The van der Waals surface area contributed by atoms with Crippen molar-refractivity contribution in [1.29, 1.82) is 0 Å². The van der Waals surface area contributed by atoms with Crippen molar-refractivity contribution in [1.82, 2.24) is 5.32 Å². The van der Waals surface area contributed by atoms with Gasteiger partial charge in [0.05, 0.1) is 4.32 Å². The fraction of sp³-hybridized carbons (Fsp3) is 0.533. The van der Waals surface area contributed by atoms with E-state index in [4.69, 9.17) is 0 Å². The molecule has 0 saturated heterocycles. The lowest BCUT2D eigenvalue weighted by molar-refractivity contribution is -0.122. The normalized spacial score (nSPS) is 14.4. The van der Waals surface area contributed by atoms with E-state index in [2.05, 4.69) is 50.4 Å². The third kappa shape index (κ3) is 3.72. The number of hydrogen-bond donors (Lipinski definition) is 1. The first-order valence-electron chi connectivity index (χ1n) is 6.78. The highest BCUT2D eigenvalue weighted by Crippen LogP contribution is 2.27. The highest BCUT2D eigenvalue weighted by atomic mass is 79.9. The summed E-state index contributed by atoms with van der Waals surface area (Å²) < 4.78 is -0.479. The summed E-state index contributed by atoms with van der Waals surface area (Å²) in [6.45, 7) is 6.54. The number of nitrogens with zero attached hydrogens (tertiary/aromatic N) is 1. The van der Waals surface area contributed by atoms with Gasteiger partial charge in [-0.15, -0.1) is 0 Å². The number of amides is 1. The second-order valence-corrected chi connectivity index (χ2v) is 7.43. The molecule has 0 unspecified atom stereocenters. The maximum atomic E-state index is 11.7. The minimum Gasteiger partial charge on any atom is -0.371 e. The van der Waals surface area contributed by atoms with Gasteiger partial charge in [-0.3, -0.25) is 4.79 Å². The molecule has 0 atom stereocenters. The van der Waals surface area contributed by atoms with Gasteiger partial charge < -0.3 is 10.2 Å². The second kappa shape index (κ2) is 5.95. The maximum absolute atomic E-state index is 11.7. The van der Waals surface area contributed by atoms with Crippen LogP contribution in [0.25, 0.3) is 0 Å². The summed E-state index contributed by atoms with van der Waals surface area (Å²) in [5.41, 5.74) is 2.79. The molecule has 0 aliphatic carbocycles. The Balaban J connectivity index is 1.75. The minimum atomic E-state index is -0.479. The molecule has 0 bridgehead atoms. The van der Waals surface area contributed by atoms with Crippen molar-refractivity contribution in [2.75, 3.05) is 24.5 Å². The lowest BCUT2D eigenvalue weighted by Crippen LogP contribution is -2.38. The molecular weight excluding hydrogens is 304 g/mol. The second-order valence-electron chi connectivity index (χ2n) is 5.45. The molecule has 3 nitrogen and oxygen atoms in total. The molecule has 1 aromatic rings. The van der Waals surface area contributed by atoms with Crippen molar-refractivity contribution in [3.63, 3.8) is 0 Å². The van der Waals surface area contributed by atoms with Crippen molar-refractivity contribution in [2.24, 2.45) is 0 Å². The summed E-state index contributed by atoms with van der Waals surface area (Å²) in [4.78, 5) is 14.1. The Hall–Kier alpha value is -1.03. The molecular formula is C15H21BrN2O. The average molecular weight is 325 g/mol. The Labute approximate surface area is 123 Å². The van der Waals surface area contributed by atoms with Gasteiger partial charge >= 0.3 is 0 Å². The average Bonchev–Trinajstić information content (AvgIpc) is 2.76. The third-order valence-corrected chi connectivity index (χ3v) is 3.77. The zero-order valence-corrected chi connectivity index (χ0v) is 13.2. The topological polar surface area (TPSA) is 32.3 Å². The molecule has 104 valence electrons. The van der Waals surface area contributed by atoms with Crippen LogP contribution in [-0.4, -0.2) is 29.9 Å². The van der Waals surface area contributed by atoms with Crippen molar-refractivity contribution >= 4 is 27.5 Å². The van der Waals surface area contributed by atoms with Gasteiger partial charge in [-0.05, 0) is 38.3 Å². The van der Waals surface area contributed by atoms with Crippen molar-refractivity contribution < 1.29 is 4.79 Å². The highest BCUT2D eigenvalue weighted by molar-refractivity contribution is 9.10. The zero-order valence-electron chi connectivity index (χ0n) is 11.6. The number of benzene rings is 1. The van der Waals surface area contributed by atoms with E-state index in [-0.39, 0.29) is 5.91 Å². The Bertz CT molecular complexity index is 454. The van der Waals surface area contributed by atoms with Crippen LogP contribution in [0.3, 0.4) is 0 Å². The van der Waals surface area contributed by atoms with E-state index >= 15 is 0 Å². The van der Waals surface area contributed by atoms with E-state index in [1.165, 1.54) is 11.3 Å². The summed E-state index contributed by atoms with van der Waals surface area (Å²) in [6, 6.07) is 8.57. The molecule has 1 aliphatic rings. The summed E-state index contributed by atoms with van der Waals surface area (Å²) >= 11 is 3.36. The number of anilines is 1. The van der Waals surface area contributed by atoms with Gasteiger partial charge in [0.2, 0.25) is 5.91 Å². The van der Waals surface area contributed by atoms with E-state index in [9.17, 15) is 4.79 Å².